The van der Waals surface area contributed by atoms with Crippen LogP contribution in [0.5, 0.6) is 0 Å². The summed E-state index contributed by atoms with van der Waals surface area (Å²) >= 11 is 0. The number of rotatable bonds is 6. The Labute approximate surface area is 155 Å². The molecular formula is C20H30N2O4. The first-order chi connectivity index (χ1) is 12.3. The van der Waals surface area contributed by atoms with Crippen LogP contribution in [0, 0.1) is 0 Å². The van der Waals surface area contributed by atoms with Crippen LogP contribution >= 0.6 is 0 Å². The third-order valence-corrected chi connectivity index (χ3v) is 4.24. The first kappa shape index (κ1) is 20.1. The molecule has 0 spiro atoms. The van der Waals surface area contributed by atoms with Gasteiger partial charge in [0.25, 0.3) is 0 Å². The summed E-state index contributed by atoms with van der Waals surface area (Å²) in [6.45, 7) is 5.36. The predicted molar refractivity (Wildman–Crippen MR) is 101 cm³/mol. The van der Waals surface area contributed by atoms with Crippen molar-refractivity contribution in [2.45, 2.75) is 70.6 Å². The van der Waals surface area contributed by atoms with E-state index in [1.54, 1.807) is 20.8 Å². The lowest BCUT2D eigenvalue weighted by Gasteiger charge is -2.24. The first-order valence-corrected chi connectivity index (χ1v) is 9.23. The maximum atomic E-state index is 12.6. The molecular weight excluding hydrogens is 332 g/mol. The van der Waals surface area contributed by atoms with Gasteiger partial charge in [0.05, 0.1) is 0 Å². The van der Waals surface area contributed by atoms with Gasteiger partial charge in [-0.1, -0.05) is 12.1 Å². The van der Waals surface area contributed by atoms with Gasteiger partial charge in [0.1, 0.15) is 17.7 Å². The lowest BCUT2D eigenvalue weighted by molar-refractivity contribution is -0.151. The monoisotopic (exact) mass is 362 g/mol. The molecule has 1 aliphatic rings. The average molecular weight is 362 g/mol. The summed E-state index contributed by atoms with van der Waals surface area (Å²) in [5.41, 5.74) is 1.30. The SMILES string of the molecule is CNc1ccc(CC(NC(=O)OC(C)(C)C)C(=O)OC2CCCC2)cc1. The smallest absolute Gasteiger partial charge is 0.408 e. The molecule has 6 nitrogen and oxygen atoms in total. The number of carbonyl (C=O) groups is 2. The zero-order valence-corrected chi connectivity index (χ0v) is 16.1. The highest BCUT2D eigenvalue weighted by Crippen LogP contribution is 2.22. The number of nitrogens with one attached hydrogen (secondary N) is 2. The quantitative estimate of drug-likeness (QED) is 0.756. The van der Waals surface area contributed by atoms with Crippen molar-refractivity contribution in [3.8, 4) is 0 Å². The fourth-order valence-corrected chi connectivity index (χ4v) is 2.94. The number of benzene rings is 1. The number of ether oxygens (including phenoxy) is 2. The van der Waals surface area contributed by atoms with Gasteiger partial charge < -0.3 is 20.1 Å². The third kappa shape index (κ3) is 6.58. The number of esters is 1. The van der Waals surface area contributed by atoms with Crippen LogP contribution in [0.2, 0.25) is 0 Å². The second-order valence-electron chi connectivity index (χ2n) is 7.69. The Morgan fingerprint density at radius 3 is 2.31 bits per heavy atom. The summed E-state index contributed by atoms with van der Waals surface area (Å²) in [6, 6.07) is 6.95. The van der Waals surface area contributed by atoms with Crippen molar-refractivity contribution in [3.05, 3.63) is 29.8 Å². The van der Waals surface area contributed by atoms with Crippen LogP contribution in [0.25, 0.3) is 0 Å². The fraction of sp³-hybridized carbons (Fsp3) is 0.600. The molecule has 1 saturated carbocycles. The molecule has 1 unspecified atom stereocenters. The van der Waals surface area contributed by atoms with E-state index in [9.17, 15) is 9.59 Å². The topological polar surface area (TPSA) is 76.7 Å². The minimum absolute atomic E-state index is 0.0443. The first-order valence-electron chi connectivity index (χ1n) is 9.23. The lowest BCUT2D eigenvalue weighted by atomic mass is 10.1. The highest BCUT2D eigenvalue weighted by molar-refractivity contribution is 5.82. The van der Waals surface area contributed by atoms with Crippen molar-refractivity contribution in [3.63, 3.8) is 0 Å². The van der Waals surface area contributed by atoms with Gasteiger partial charge in [-0.05, 0) is 64.2 Å². The second-order valence-corrected chi connectivity index (χ2v) is 7.69. The predicted octanol–water partition coefficient (Wildman–Crippen LogP) is 3.65. The van der Waals surface area contributed by atoms with Gasteiger partial charge in [-0.3, -0.25) is 0 Å². The largest absolute Gasteiger partial charge is 0.461 e. The number of anilines is 1. The summed E-state index contributed by atoms with van der Waals surface area (Å²) < 4.78 is 10.9. The maximum absolute atomic E-state index is 12.6. The van der Waals surface area contributed by atoms with Crippen molar-refractivity contribution < 1.29 is 19.1 Å². The normalized spacial score (nSPS) is 16.0. The minimum atomic E-state index is -0.772. The van der Waals surface area contributed by atoms with E-state index in [0.29, 0.717) is 6.42 Å². The molecule has 1 amide bonds. The zero-order chi connectivity index (χ0) is 19.2. The maximum Gasteiger partial charge on any atom is 0.408 e. The van der Waals surface area contributed by atoms with Gasteiger partial charge in [0, 0.05) is 19.2 Å². The van der Waals surface area contributed by atoms with E-state index in [2.05, 4.69) is 10.6 Å². The highest BCUT2D eigenvalue weighted by atomic mass is 16.6. The number of carbonyl (C=O) groups excluding carboxylic acids is 2. The Morgan fingerprint density at radius 2 is 1.77 bits per heavy atom. The molecule has 2 N–H and O–H groups in total. The van der Waals surface area contributed by atoms with E-state index in [4.69, 9.17) is 9.47 Å². The van der Waals surface area contributed by atoms with Crippen LogP contribution in [0.3, 0.4) is 0 Å². The van der Waals surface area contributed by atoms with Gasteiger partial charge in [-0.25, -0.2) is 9.59 Å². The summed E-state index contributed by atoms with van der Waals surface area (Å²) in [7, 11) is 1.85. The Hall–Kier alpha value is -2.24. The van der Waals surface area contributed by atoms with Gasteiger partial charge in [0.15, 0.2) is 0 Å². The number of amides is 1. The van der Waals surface area contributed by atoms with Crippen LogP contribution in [0.4, 0.5) is 10.5 Å². The van der Waals surface area contributed by atoms with Crippen molar-refractivity contribution in [1.82, 2.24) is 5.32 Å². The van der Waals surface area contributed by atoms with Crippen molar-refractivity contribution in [2.75, 3.05) is 12.4 Å². The molecule has 1 aromatic rings. The van der Waals surface area contributed by atoms with Crippen LogP contribution in [-0.4, -0.2) is 36.9 Å². The highest BCUT2D eigenvalue weighted by Gasteiger charge is 2.29. The molecule has 0 saturated heterocycles. The molecule has 1 aromatic carbocycles. The zero-order valence-electron chi connectivity index (χ0n) is 16.1. The number of hydrogen-bond donors (Lipinski definition) is 2. The molecule has 144 valence electrons. The molecule has 1 atom stereocenters. The fourth-order valence-electron chi connectivity index (χ4n) is 2.94. The van der Waals surface area contributed by atoms with Gasteiger partial charge in [0.2, 0.25) is 0 Å². The number of alkyl carbamates (subject to hydrolysis) is 1. The van der Waals surface area contributed by atoms with E-state index in [1.807, 2.05) is 31.3 Å². The molecule has 0 aromatic heterocycles. The molecule has 0 bridgehead atoms. The standard InChI is InChI=1S/C20H30N2O4/c1-20(2,3)26-19(24)22-17(18(23)25-16-7-5-6-8-16)13-14-9-11-15(21-4)12-10-14/h9-12,16-17,21H,5-8,13H2,1-4H3,(H,22,24). The van der Waals surface area contributed by atoms with E-state index in [0.717, 1.165) is 36.9 Å². The van der Waals surface area contributed by atoms with Crippen molar-refractivity contribution in [2.24, 2.45) is 0 Å². The Morgan fingerprint density at radius 1 is 1.15 bits per heavy atom. The van der Waals surface area contributed by atoms with Crippen LogP contribution in [-0.2, 0) is 20.7 Å². The molecule has 26 heavy (non-hydrogen) atoms. The second kappa shape index (κ2) is 8.92. The van der Waals surface area contributed by atoms with Crippen LogP contribution < -0.4 is 10.6 Å². The third-order valence-electron chi connectivity index (χ3n) is 4.24. The molecule has 1 aliphatic carbocycles. The van der Waals surface area contributed by atoms with Crippen molar-refractivity contribution >= 4 is 17.7 Å². The van der Waals surface area contributed by atoms with Gasteiger partial charge >= 0.3 is 12.1 Å². The van der Waals surface area contributed by atoms with Gasteiger partial charge in [-0.15, -0.1) is 0 Å². The van der Waals surface area contributed by atoms with Crippen molar-refractivity contribution in [1.29, 1.82) is 0 Å². The van der Waals surface area contributed by atoms with Crippen LogP contribution in [0.1, 0.15) is 52.0 Å². The molecule has 0 radical (unpaired) electrons. The summed E-state index contributed by atoms with van der Waals surface area (Å²) in [6.07, 6.45) is 3.63. The molecule has 2 rings (SSSR count). The summed E-state index contributed by atoms with van der Waals surface area (Å²) in [5, 5.41) is 5.73. The number of hydrogen-bond acceptors (Lipinski definition) is 5. The molecule has 1 fully saturated rings. The van der Waals surface area contributed by atoms with E-state index in [-0.39, 0.29) is 6.10 Å². The molecule has 0 aliphatic heterocycles. The minimum Gasteiger partial charge on any atom is -0.461 e. The Kier molecular flexibility index (Phi) is 6.89. The Bertz CT molecular complexity index is 601. The van der Waals surface area contributed by atoms with Gasteiger partial charge in [-0.2, -0.15) is 0 Å². The van der Waals surface area contributed by atoms with E-state index < -0.39 is 23.7 Å². The van der Waals surface area contributed by atoms with E-state index in [1.165, 1.54) is 0 Å². The summed E-state index contributed by atoms with van der Waals surface area (Å²) in [5.74, 6) is -0.402. The summed E-state index contributed by atoms with van der Waals surface area (Å²) in [4.78, 5) is 24.8. The molecule has 0 heterocycles. The average Bonchev–Trinajstić information content (AvgIpc) is 3.06. The van der Waals surface area contributed by atoms with Crippen LogP contribution in [0.15, 0.2) is 24.3 Å². The Balaban J connectivity index is 2.05. The molecule has 6 heteroatoms. The van der Waals surface area contributed by atoms with E-state index >= 15 is 0 Å². The lowest BCUT2D eigenvalue weighted by Crippen LogP contribution is -2.46.